The summed E-state index contributed by atoms with van der Waals surface area (Å²) in [4.78, 5) is 0.205. The van der Waals surface area contributed by atoms with E-state index in [0.29, 0.717) is 10.6 Å². The Hall–Kier alpha value is -1.39. The normalized spacial score (nSPS) is 11.4. The van der Waals surface area contributed by atoms with Gasteiger partial charge in [0.2, 0.25) is 0 Å². The van der Waals surface area contributed by atoms with Crippen LogP contribution >= 0.6 is 11.6 Å². The zero-order valence-electron chi connectivity index (χ0n) is 9.31. The number of hydrogen-bond donors (Lipinski definition) is 0. The van der Waals surface area contributed by atoms with Crippen molar-refractivity contribution < 1.29 is 12.8 Å². The molecule has 0 spiro atoms. The molecule has 0 saturated heterocycles. The van der Waals surface area contributed by atoms with Crippen LogP contribution in [0.1, 0.15) is 5.56 Å². The lowest BCUT2D eigenvalue weighted by Crippen LogP contribution is -2.04. The van der Waals surface area contributed by atoms with Crippen LogP contribution in [0.2, 0.25) is 5.02 Å². The minimum absolute atomic E-state index is 0.158. The molecule has 2 rings (SSSR count). The van der Waals surface area contributed by atoms with Gasteiger partial charge in [0.25, 0.3) is 0 Å². The third-order valence-electron chi connectivity index (χ3n) is 2.44. The van der Waals surface area contributed by atoms with Crippen LogP contribution in [0.5, 0.6) is 0 Å². The van der Waals surface area contributed by atoms with Gasteiger partial charge in [-0.3, -0.25) is 0 Å². The number of halogens is 2. The number of hydrogen-bond acceptors (Lipinski definition) is 2. The summed E-state index contributed by atoms with van der Waals surface area (Å²) in [5.74, 6) is -0.544. The highest BCUT2D eigenvalue weighted by Gasteiger charge is 2.15. The Morgan fingerprint density at radius 1 is 0.944 bits per heavy atom. The van der Waals surface area contributed by atoms with E-state index in [2.05, 4.69) is 0 Å². The van der Waals surface area contributed by atoms with Crippen molar-refractivity contribution in [2.75, 3.05) is 0 Å². The predicted octanol–water partition coefficient (Wildman–Crippen LogP) is 3.45. The number of benzene rings is 2. The van der Waals surface area contributed by atoms with E-state index in [4.69, 9.17) is 11.6 Å². The van der Waals surface area contributed by atoms with Gasteiger partial charge in [0.15, 0.2) is 9.84 Å². The molecule has 18 heavy (non-hydrogen) atoms. The third kappa shape index (κ3) is 3.09. The number of rotatable bonds is 3. The van der Waals surface area contributed by atoms with E-state index >= 15 is 0 Å². The molecule has 2 aromatic carbocycles. The molecule has 0 bridgehead atoms. The predicted molar refractivity (Wildman–Crippen MR) is 68.7 cm³/mol. The molecule has 0 aliphatic rings. The maximum Gasteiger partial charge on any atom is 0.182 e. The standard InChI is InChI=1S/C13H10ClFO2S/c14-11-3-7-13(8-4-11)18(16,17)9-10-1-5-12(15)6-2-10/h1-8H,9H2. The first-order valence-corrected chi connectivity index (χ1v) is 7.23. The molecule has 0 aliphatic heterocycles. The van der Waals surface area contributed by atoms with E-state index in [1.54, 1.807) is 0 Å². The van der Waals surface area contributed by atoms with Crippen molar-refractivity contribution in [1.82, 2.24) is 0 Å². The lowest BCUT2D eigenvalue weighted by molar-refractivity contribution is 0.595. The van der Waals surface area contributed by atoms with Crippen molar-refractivity contribution in [3.63, 3.8) is 0 Å². The minimum atomic E-state index is -3.42. The maximum atomic E-state index is 12.7. The Kier molecular flexibility index (Phi) is 3.68. The Balaban J connectivity index is 2.27. The molecule has 94 valence electrons. The molecule has 0 aromatic heterocycles. The fraction of sp³-hybridized carbons (Fsp3) is 0.0769. The first-order valence-electron chi connectivity index (χ1n) is 5.20. The van der Waals surface area contributed by atoms with E-state index in [0.717, 1.165) is 0 Å². The quantitative estimate of drug-likeness (QED) is 0.865. The van der Waals surface area contributed by atoms with Crippen molar-refractivity contribution in [3.05, 3.63) is 64.9 Å². The van der Waals surface area contributed by atoms with Gasteiger partial charge in [0.1, 0.15) is 5.82 Å². The summed E-state index contributed by atoms with van der Waals surface area (Å²) in [6, 6.07) is 11.4. The molecular weight excluding hydrogens is 275 g/mol. The molecule has 0 heterocycles. The van der Waals surface area contributed by atoms with Crippen LogP contribution in [0.4, 0.5) is 4.39 Å². The van der Waals surface area contributed by atoms with Crippen molar-refractivity contribution >= 4 is 21.4 Å². The van der Waals surface area contributed by atoms with E-state index < -0.39 is 9.84 Å². The molecular formula is C13H10ClFO2S. The van der Waals surface area contributed by atoms with Crippen LogP contribution in [0.25, 0.3) is 0 Å². The summed E-state index contributed by atoms with van der Waals surface area (Å²) in [6.45, 7) is 0. The van der Waals surface area contributed by atoms with E-state index in [1.165, 1.54) is 48.5 Å². The molecule has 0 saturated carbocycles. The van der Waals surface area contributed by atoms with Gasteiger partial charge in [-0.05, 0) is 42.0 Å². The van der Waals surface area contributed by atoms with Crippen molar-refractivity contribution in [2.45, 2.75) is 10.6 Å². The fourth-order valence-corrected chi connectivity index (χ4v) is 3.00. The molecule has 0 radical (unpaired) electrons. The Morgan fingerprint density at radius 3 is 2.06 bits per heavy atom. The summed E-state index contributed by atoms with van der Waals surface area (Å²) in [6.07, 6.45) is 0. The largest absolute Gasteiger partial charge is 0.223 e. The number of sulfone groups is 1. The molecule has 0 N–H and O–H groups in total. The highest BCUT2D eigenvalue weighted by atomic mass is 35.5. The molecule has 2 aromatic rings. The van der Waals surface area contributed by atoms with Crippen molar-refractivity contribution in [2.24, 2.45) is 0 Å². The lowest BCUT2D eigenvalue weighted by atomic mass is 10.2. The van der Waals surface area contributed by atoms with Crippen LogP contribution in [0, 0.1) is 5.82 Å². The van der Waals surface area contributed by atoms with Gasteiger partial charge < -0.3 is 0 Å². The van der Waals surface area contributed by atoms with Crippen LogP contribution in [-0.2, 0) is 15.6 Å². The Morgan fingerprint density at radius 2 is 1.50 bits per heavy atom. The minimum Gasteiger partial charge on any atom is -0.223 e. The molecule has 0 unspecified atom stereocenters. The van der Waals surface area contributed by atoms with Gasteiger partial charge in [-0.25, -0.2) is 12.8 Å². The zero-order chi connectivity index (χ0) is 13.2. The van der Waals surface area contributed by atoms with Crippen molar-refractivity contribution in [3.8, 4) is 0 Å². The molecule has 0 amide bonds. The summed E-state index contributed by atoms with van der Waals surface area (Å²) in [7, 11) is -3.42. The second-order valence-corrected chi connectivity index (χ2v) is 6.27. The average molecular weight is 285 g/mol. The molecule has 5 heteroatoms. The molecule has 0 atom stereocenters. The Labute approximate surface area is 110 Å². The van der Waals surface area contributed by atoms with Crippen LogP contribution in [0.15, 0.2) is 53.4 Å². The Bertz CT molecular complexity index is 634. The van der Waals surface area contributed by atoms with Gasteiger partial charge in [-0.2, -0.15) is 0 Å². The van der Waals surface area contributed by atoms with Gasteiger partial charge >= 0.3 is 0 Å². The smallest absolute Gasteiger partial charge is 0.182 e. The highest BCUT2D eigenvalue weighted by molar-refractivity contribution is 7.90. The molecule has 2 nitrogen and oxygen atoms in total. The lowest BCUT2D eigenvalue weighted by Gasteiger charge is -2.04. The van der Waals surface area contributed by atoms with Gasteiger partial charge in [-0.1, -0.05) is 23.7 Å². The maximum absolute atomic E-state index is 12.7. The van der Waals surface area contributed by atoms with E-state index in [1.807, 2.05) is 0 Å². The summed E-state index contributed by atoms with van der Waals surface area (Å²) in [5, 5.41) is 0.482. The van der Waals surface area contributed by atoms with Gasteiger partial charge in [0.05, 0.1) is 10.6 Å². The van der Waals surface area contributed by atoms with Crippen molar-refractivity contribution in [1.29, 1.82) is 0 Å². The second-order valence-electron chi connectivity index (χ2n) is 3.84. The van der Waals surface area contributed by atoms with E-state index in [9.17, 15) is 12.8 Å². The SMILES string of the molecule is O=S(=O)(Cc1ccc(F)cc1)c1ccc(Cl)cc1. The fourth-order valence-electron chi connectivity index (χ4n) is 1.53. The summed E-state index contributed by atoms with van der Waals surface area (Å²) >= 11 is 5.70. The summed E-state index contributed by atoms with van der Waals surface area (Å²) in [5.41, 5.74) is 0.548. The average Bonchev–Trinajstić information content (AvgIpc) is 2.32. The first kappa shape index (κ1) is 13.1. The summed E-state index contributed by atoms with van der Waals surface area (Å²) < 4.78 is 36.8. The monoisotopic (exact) mass is 284 g/mol. The first-order chi connectivity index (χ1) is 8.47. The van der Waals surface area contributed by atoms with Gasteiger partial charge in [0, 0.05) is 5.02 Å². The molecule has 0 fully saturated rings. The van der Waals surface area contributed by atoms with Crippen LogP contribution in [0.3, 0.4) is 0 Å². The van der Waals surface area contributed by atoms with Crippen LogP contribution < -0.4 is 0 Å². The molecule has 0 aliphatic carbocycles. The topological polar surface area (TPSA) is 34.1 Å². The van der Waals surface area contributed by atoms with Crippen LogP contribution in [-0.4, -0.2) is 8.42 Å². The van der Waals surface area contributed by atoms with Gasteiger partial charge in [-0.15, -0.1) is 0 Å². The third-order valence-corrected chi connectivity index (χ3v) is 4.40. The zero-order valence-corrected chi connectivity index (χ0v) is 10.9. The second kappa shape index (κ2) is 5.08. The van der Waals surface area contributed by atoms with E-state index in [-0.39, 0.29) is 16.5 Å². The highest BCUT2D eigenvalue weighted by Crippen LogP contribution is 2.19.